The van der Waals surface area contributed by atoms with Crippen molar-refractivity contribution >= 4 is 21.3 Å². The molecule has 0 bridgehead atoms. The smallest absolute Gasteiger partial charge is 0 e. The van der Waals surface area contributed by atoms with Crippen molar-refractivity contribution in [3.05, 3.63) is 59.8 Å². The van der Waals surface area contributed by atoms with Crippen LogP contribution in [0.4, 0.5) is 0 Å². The van der Waals surface area contributed by atoms with E-state index in [4.69, 9.17) is 0 Å². The van der Waals surface area contributed by atoms with E-state index in [2.05, 4.69) is 34.0 Å². The Kier molecular flexibility index (Phi) is 5.25. The summed E-state index contributed by atoms with van der Waals surface area (Å²) in [5.74, 6) is 0. The molecule has 15 heavy (non-hydrogen) atoms. The molecule has 2 aromatic rings. The number of hydrogen-bond donors (Lipinski definition) is 0. The predicted molar refractivity (Wildman–Crippen MR) is 57.7 cm³/mol. The second-order valence-electron chi connectivity index (χ2n) is 3.05. The maximum absolute atomic E-state index is 4.42. The van der Waals surface area contributed by atoms with Gasteiger partial charge in [-0.3, -0.25) is 0 Å². The average molecular weight is 434 g/mol. The molecule has 1 aromatic carbocycles. The van der Waals surface area contributed by atoms with Crippen molar-refractivity contribution in [2.45, 2.75) is 6.42 Å². The van der Waals surface area contributed by atoms with Crippen LogP contribution in [0.5, 0.6) is 0 Å². The van der Waals surface area contributed by atoms with E-state index in [9.17, 15) is 0 Å². The molecule has 1 nitrogen and oxygen atoms in total. The fourth-order valence-corrected chi connectivity index (χ4v) is 1.75. The number of benzene rings is 1. The van der Waals surface area contributed by atoms with Crippen molar-refractivity contribution < 1.29 is 20.1 Å². The maximum Gasteiger partial charge on any atom is 0 e. The Morgan fingerprint density at radius 1 is 1.13 bits per heavy atom. The zero-order chi connectivity index (χ0) is 9.80. The predicted octanol–water partition coefficient (Wildman–Crippen LogP) is 1.26. The van der Waals surface area contributed by atoms with Crippen molar-refractivity contribution in [2.24, 2.45) is 0 Å². The van der Waals surface area contributed by atoms with Gasteiger partial charge in [0.1, 0.15) is 0 Å². The van der Waals surface area contributed by atoms with E-state index >= 15 is 0 Å². The first kappa shape index (κ1) is 12.6. The van der Waals surface area contributed by atoms with E-state index in [-0.39, 0.29) is 20.1 Å². The SMILES string of the molecule is [As]c1cccc(Cc2[c-]cccc2)n1.[Ir]. The summed E-state index contributed by atoms with van der Waals surface area (Å²) in [6.07, 6.45) is 0.854. The summed E-state index contributed by atoms with van der Waals surface area (Å²) in [6.45, 7) is 0. The number of aromatic nitrogens is 1. The Hall–Kier alpha value is -0.422. The average Bonchev–Trinajstić information content (AvgIpc) is 2.19. The molecule has 0 unspecified atom stereocenters. The Bertz CT molecular complexity index is 417. The quantitative estimate of drug-likeness (QED) is 0.513. The van der Waals surface area contributed by atoms with E-state index in [0.717, 1.165) is 16.6 Å². The van der Waals surface area contributed by atoms with Crippen molar-refractivity contribution in [3.63, 3.8) is 0 Å². The van der Waals surface area contributed by atoms with Crippen LogP contribution in [0.1, 0.15) is 11.3 Å². The molecule has 2 rings (SSSR count). The summed E-state index contributed by atoms with van der Waals surface area (Å²) in [5.41, 5.74) is 2.27. The molecule has 0 saturated heterocycles. The van der Waals surface area contributed by atoms with Crippen LogP contribution in [0.15, 0.2) is 42.5 Å². The van der Waals surface area contributed by atoms with Crippen LogP contribution >= 0.6 is 0 Å². The van der Waals surface area contributed by atoms with Gasteiger partial charge >= 0.3 is 92.5 Å². The molecule has 1 aromatic heterocycles. The normalized spacial score (nSPS) is 9.40. The number of nitrogens with zero attached hydrogens (tertiary/aromatic N) is 1. The molecule has 0 saturated carbocycles. The van der Waals surface area contributed by atoms with Crippen LogP contribution in [0.2, 0.25) is 0 Å². The molecule has 0 amide bonds. The van der Waals surface area contributed by atoms with Gasteiger partial charge in [-0.2, -0.15) is 0 Å². The first-order chi connectivity index (χ1) is 6.84. The monoisotopic (exact) mass is 435 g/mol. The third kappa shape index (κ3) is 3.91. The minimum absolute atomic E-state index is 0. The standard InChI is InChI=1S/C12H9AsN.Ir/c13-12-8-4-7-11(14-12)9-10-5-2-1-3-6-10;/h1-5,7-8H,9H2;/q-1;. The Morgan fingerprint density at radius 2 is 2.00 bits per heavy atom. The molecule has 0 aliphatic heterocycles. The van der Waals surface area contributed by atoms with Crippen molar-refractivity contribution in [2.75, 3.05) is 0 Å². The van der Waals surface area contributed by atoms with E-state index in [1.54, 1.807) is 0 Å². The maximum atomic E-state index is 4.42. The Labute approximate surface area is 112 Å². The van der Waals surface area contributed by atoms with Gasteiger partial charge in [0.25, 0.3) is 0 Å². The van der Waals surface area contributed by atoms with Gasteiger partial charge in [-0.1, -0.05) is 0 Å². The minimum atomic E-state index is 0. The summed E-state index contributed by atoms with van der Waals surface area (Å²) in [6, 6.07) is 17.2. The van der Waals surface area contributed by atoms with Gasteiger partial charge in [0.2, 0.25) is 0 Å². The number of hydrogen-bond acceptors (Lipinski definition) is 1. The molecule has 0 spiro atoms. The first-order valence-corrected chi connectivity index (χ1v) is 5.39. The zero-order valence-electron chi connectivity index (χ0n) is 7.98. The molecule has 0 N–H and O–H groups in total. The molecule has 0 fully saturated rings. The molecule has 0 aliphatic carbocycles. The fraction of sp³-hybridized carbons (Fsp3) is 0.0833. The van der Waals surface area contributed by atoms with Crippen LogP contribution < -0.4 is 4.48 Å². The van der Waals surface area contributed by atoms with Crippen LogP contribution in [-0.2, 0) is 26.5 Å². The van der Waals surface area contributed by atoms with Gasteiger partial charge in [0, 0.05) is 20.1 Å². The second-order valence-corrected chi connectivity index (χ2v) is 4.01. The minimum Gasteiger partial charge on any atom is 0 e. The van der Waals surface area contributed by atoms with Crippen molar-refractivity contribution in [1.82, 2.24) is 4.98 Å². The van der Waals surface area contributed by atoms with E-state index in [1.165, 1.54) is 5.56 Å². The van der Waals surface area contributed by atoms with Gasteiger partial charge in [0.05, 0.1) is 0 Å². The third-order valence-electron chi connectivity index (χ3n) is 1.94. The van der Waals surface area contributed by atoms with Gasteiger partial charge in [0.15, 0.2) is 0 Å². The summed E-state index contributed by atoms with van der Waals surface area (Å²) in [4.78, 5) is 4.42. The summed E-state index contributed by atoms with van der Waals surface area (Å²) < 4.78 is 1.01. The first-order valence-electron chi connectivity index (χ1n) is 4.45. The van der Waals surface area contributed by atoms with Crippen LogP contribution in [0.3, 0.4) is 0 Å². The molecule has 3 heteroatoms. The van der Waals surface area contributed by atoms with Crippen molar-refractivity contribution in [3.8, 4) is 0 Å². The Balaban J connectivity index is 0.00000112. The van der Waals surface area contributed by atoms with Crippen LogP contribution in [-0.4, -0.2) is 21.8 Å². The topological polar surface area (TPSA) is 12.9 Å². The van der Waals surface area contributed by atoms with Crippen molar-refractivity contribution in [1.29, 1.82) is 0 Å². The van der Waals surface area contributed by atoms with E-state index in [1.807, 2.05) is 36.4 Å². The van der Waals surface area contributed by atoms with Crippen LogP contribution in [0, 0.1) is 6.07 Å². The van der Waals surface area contributed by atoms with Gasteiger partial charge in [-0.25, -0.2) is 0 Å². The summed E-state index contributed by atoms with van der Waals surface area (Å²) >= 11 is 2.46. The van der Waals surface area contributed by atoms with Gasteiger partial charge in [-0.15, -0.1) is 0 Å². The molecule has 0 atom stereocenters. The number of rotatable bonds is 2. The van der Waals surface area contributed by atoms with Gasteiger partial charge < -0.3 is 0 Å². The molecule has 77 valence electrons. The largest absolute Gasteiger partial charge is 0 e. The molecular weight excluding hydrogens is 425 g/mol. The molecule has 1 heterocycles. The molecule has 3 radical (unpaired) electrons. The van der Waals surface area contributed by atoms with E-state index < -0.39 is 0 Å². The fourth-order valence-electron chi connectivity index (χ4n) is 1.30. The number of pyridine rings is 1. The summed E-state index contributed by atoms with van der Waals surface area (Å²) in [7, 11) is 0. The third-order valence-corrected chi connectivity index (χ3v) is 2.46. The van der Waals surface area contributed by atoms with Gasteiger partial charge in [-0.05, 0) is 0 Å². The zero-order valence-corrected chi connectivity index (χ0v) is 12.2. The Morgan fingerprint density at radius 3 is 2.67 bits per heavy atom. The van der Waals surface area contributed by atoms with E-state index in [0.29, 0.717) is 0 Å². The second kappa shape index (κ2) is 6.22. The molecule has 0 aliphatic rings. The molecular formula is C12H9AsIrN-. The summed E-state index contributed by atoms with van der Waals surface area (Å²) in [5, 5.41) is 0. The van der Waals surface area contributed by atoms with Crippen LogP contribution in [0.25, 0.3) is 0 Å².